The molecule has 1 aliphatic carbocycles. The molecule has 21 heavy (non-hydrogen) atoms. The van der Waals surface area contributed by atoms with Crippen molar-refractivity contribution in [3.63, 3.8) is 0 Å². The van der Waals surface area contributed by atoms with Gasteiger partial charge in [0.1, 0.15) is 11.9 Å². The minimum Gasteiger partial charge on any atom is -0.493 e. The molecule has 1 unspecified atom stereocenters. The smallest absolute Gasteiger partial charge is 0.249 e. The zero-order valence-electron chi connectivity index (χ0n) is 11.9. The molecule has 1 aromatic carbocycles. The molecular weight excluding hydrogens is 266 g/mol. The minimum absolute atomic E-state index is 0.153. The van der Waals surface area contributed by atoms with E-state index in [0.717, 1.165) is 31.6 Å². The lowest BCUT2D eigenvalue weighted by molar-refractivity contribution is -0.129. The number of hydrogen-bond donors (Lipinski definition) is 2. The molecule has 0 aromatic heterocycles. The van der Waals surface area contributed by atoms with Gasteiger partial charge in [0.15, 0.2) is 0 Å². The number of ether oxygens (including phenoxy) is 1. The standard InChI is InChI=1S/C17H19NO3/c1-2-8-18-17(20)14(19)10-12-4-3-11-5-6-15-13(16(11)12)7-9-21-15/h1,5-6,12,14,19H,3-4,7-10H2,(H,18,20)/t12-,14?/m0/s1. The van der Waals surface area contributed by atoms with Gasteiger partial charge in [0.05, 0.1) is 13.2 Å². The fourth-order valence-electron chi connectivity index (χ4n) is 3.42. The van der Waals surface area contributed by atoms with E-state index < -0.39 is 6.10 Å². The van der Waals surface area contributed by atoms with E-state index in [1.165, 1.54) is 16.7 Å². The average Bonchev–Trinajstić information content (AvgIpc) is 3.10. The highest BCUT2D eigenvalue weighted by atomic mass is 16.5. The van der Waals surface area contributed by atoms with Crippen molar-refractivity contribution in [1.29, 1.82) is 0 Å². The molecule has 2 atom stereocenters. The Morgan fingerprint density at radius 3 is 3.19 bits per heavy atom. The fourth-order valence-corrected chi connectivity index (χ4v) is 3.42. The number of aliphatic hydroxyl groups is 1. The number of amides is 1. The Balaban J connectivity index is 1.74. The van der Waals surface area contributed by atoms with Crippen molar-refractivity contribution in [2.45, 2.75) is 37.7 Å². The molecule has 2 aliphatic rings. The van der Waals surface area contributed by atoms with Gasteiger partial charge in [0.25, 0.3) is 0 Å². The highest BCUT2D eigenvalue weighted by Crippen LogP contribution is 2.43. The molecule has 1 amide bonds. The van der Waals surface area contributed by atoms with Gasteiger partial charge in [-0.15, -0.1) is 6.42 Å². The molecule has 4 nitrogen and oxygen atoms in total. The number of nitrogens with one attached hydrogen (secondary N) is 1. The molecule has 1 aromatic rings. The van der Waals surface area contributed by atoms with Crippen molar-refractivity contribution in [3.8, 4) is 18.1 Å². The summed E-state index contributed by atoms with van der Waals surface area (Å²) >= 11 is 0. The molecule has 0 fully saturated rings. The maximum absolute atomic E-state index is 11.8. The van der Waals surface area contributed by atoms with Crippen LogP contribution in [0.3, 0.4) is 0 Å². The summed E-state index contributed by atoms with van der Waals surface area (Å²) in [6, 6.07) is 4.16. The first-order valence-corrected chi connectivity index (χ1v) is 7.37. The van der Waals surface area contributed by atoms with E-state index in [4.69, 9.17) is 11.2 Å². The van der Waals surface area contributed by atoms with Gasteiger partial charge in [-0.2, -0.15) is 0 Å². The van der Waals surface area contributed by atoms with Gasteiger partial charge >= 0.3 is 0 Å². The third-order valence-electron chi connectivity index (χ3n) is 4.36. The third-order valence-corrected chi connectivity index (χ3v) is 4.36. The Morgan fingerprint density at radius 1 is 1.52 bits per heavy atom. The number of hydrogen-bond acceptors (Lipinski definition) is 3. The molecule has 0 saturated heterocycles. The Kier molecular flexibility index (Phi) is 3.85. The second kappa shape index (κ2) is 5.79. The molecule has 2 N–H and O–H groups in total. The van der Waals surface area contributed by atoms with Crippen molar-refractivity contribution in [3.05, 3.63) is 28.8 Å². The van der Waals surface area contributed by atoms with Crippen LogP contribution in [0.4, 0.5) is 0 Å². The normalized spacial score (nSPS) is 20.1. The number of rotatable bonds is 4. The van der Waals surface area contributed by atoms with E-state index in [2.05, 4.69) is 17.3 Å². The van der Waals surface area contributed by atoms with Gasteiger partial charge in [-0.25, -0.2) is 0 Å². The van der Waals surface area contributed by atoms with Crippen LogP contribution in [-0.2, 0) is 17.6 Å². The molecule has 0 bridgehead atoms. The molecule has 0 radical (unpaired) electrons. The number of aryl methyl sites for hydroxylation is 1. The van der Waals surface area contributed by atoms with E-state index in [0.29, 0.717) is 6.42 Å². The van der Waals surface area contributed by atoms with E-state index in [9.17, 15) is 9.90 Å². The van der Waals surface area contributed by atoms with Crippen molar-refractivity contribution in [2.75, 3.05) is 13.2 Å². The highest BCUT2D eigenvalue weighted by Gasteiger charge is 2.32. The van der Waals surface area contributed by atoms with Crippen LogP contribution < -0.4 is 10.1 Å². The van der Waals surface area contributed by atoms with Crippen LogP contribution in [0, 0.1) is 12.3 Å². The third kappa shape index (κ3) is 2.62. The largest absolute Gasteiger partial charge is 0.493 e. The first-order chi connectivity index (χ1) is 10.2. The number of fused-ring (bicyclic) bond motifs is 3. The van der Waals surface area contributed by atoms with Crippen molar-refractivity contribution in [1.82, 2.24) is 5.32 Å². The number of terminal acetylenes is 1. The van der Waals surface area contributed by atoms with Crippen LogP contribution in [0.2, 0.25) is 0 Å². The summed E-state index contributed by atoms with van der Waals surface area (Å²) in [6.07, 6.45) is 7.45. The Morgan fingerprint density at radius 2 is 2.38 bits per heavy atom. The average molecular weight is 285 g/mol. The molecule has 110 valence electrons. The van der Waals surface area contributed by atoms with Crippen LogP contribution in [0.5, 0.6) is 5.75 Å². The van der Waals surface area contributed by atoms with Crippen molar-refractivity contribution in [2.24, 2.45) is 0 Å². The van der Waals surface area contributed by atoms with E-state index >= 15 is 0 Å². The Bertz CT molecular complexity index is 603. The summed E-state index contributed by atoms with van der Waals surface area (Å²) in [5, 5.41) is 12.6. The lowest BCUT2D eigenvalue weighted by Gasteiger charge is -2.18. The summed E-state index contributed by atoms with van der Waals surface area (Å²) in [4.78, 5) is 11.8. The van der Waals surface area contributed by atoms with E-state index in [1.807, 2.05) is 6.07 Å². The van der Waals surface area contributed by atoms with Crippen LogP contribution in [0.15, 0.2) is 12.1 Å². The number of carbonyl (C=O) groups is 1. The van der Waals surface area contributed by atoms with Crippen LogP contribution >= 0.6 is 0 Å². The fraction of sp³-hybridized carbons (Fsp3) is 0.471. The zero-order valence-corrected chi connectivity index (χ0v) is 11.9. The summed E-state index contributed by atoms with van der Waals surface area (Å²) < 4.78 is 5.61. The van der Waals surface area contributed by atoms with Crippen molar-refractivity contribution < 1.29 is 14.6 Å². The quantitative estimate of drug-likeness (QED) is 0.816. The second-order valence-corrected chi connectivity index (χ2v) is 5.62. The number of carbonyl (C=O) groups excluding carboxylic acids is 1. The highest BCUT2D eigenvalue weighted by molar-refractivity contribution is 5.80. The van der Waals surface area contributed by atoms with E-state index in [-0.39, 0.29) is 18.4 Å². The van der Waals surface area contributed by atoms with E-state index in [1.54, 1.807) is 0 Å². The molecule has 3 rings (SSSR count). The van der Waals surface area contributed by atoms with Gasteiger partial charge in [0, 0.05) is 12.0 Å². The topological polar surface area (TPSA) is 58.6 Å². The van der Waals surface area contributed by atoms with Crippen LogP contribution in [0.1, 0.15) is 35.4 Å². The van der Waals surface area contributed by atoms with Gasteiger partial charge in [-0.1, -0.05) is 12.0 Å². The molecule has 4 heteroatoms. The summed E-state index contributed by atoms with van der Waals surface area (Å²) in [6.45, 7) is 0.879. The summed E-state index contributed by atoms with van der Waals surface area (Å²) in [7, 11) is 0. The molecule has 0 spiro atoms. The minimum atomic E-state index is -1.01. The van der Waals surface area contributed by atoms with Gasteiger partial charge in [-0.05, 0) is 42.4 Å². The maximum atomic E-state index is 11.8. The second-order valence-electron chi connectivity index (χ2n) is 5.62. The lowest BCUT2D eigenvalue weighted by atomic mass is 9.90. The van der Waals surface area contributed by atoms with Gasteiger partial charge in [-0.3, -0.25) is 4.79 Å². The van der Waals surface area contributed by atoms with Gasteiger partial charge < -0.3 is 15.2 Å². The van der Waals surface area contributed by atoms with Crippen LogP contribution in [0.25, 0.3) is 0 Å². The SMILES string of the molecule is C#CCNC(=O)C(O)C[C@@H]1CCc2ccc3c(c21)CCO3. The molecule has 1 heterocycles. The lowest BCUT2D eigenvalue weighted by Crippen LogP contribution is -2.35. The molecule has 0 saturated carbocycles. The molecule has 1 aliphatic heterocycles. The van der Waals surface area contributed by atoms with Crippen molar-refractivity contribution >= 4 is 5.91 Å². The maximum Gasteiger partial charge on any atom is 0.249 e. The van der Waals surface area contributed by atoms with Crippen LogP contribution in [-0.4, -0.2) is 30.3 Å². The Hall–Kier alpha value is -1.99. The zero-order chi connectivity index (χ0) is 14.8. The van der Waals surface area contributed by atoms with Gasteiger partial charge in [0.2, 0.25) is 5.91 Å². The summed E-state index contributed by atoms with van der Waals surface area (Å²) in [5.41, 5.74) is 3.90. The first kappa shape index (κ1) is 14.0. The Labute approximate surface area is 124 Å². The molecular formula is C17H19NO3. The predicted octanol–water partition coefficient (Wildman–Crippen LogP) is 1.15. The first-order valence-electron chi connectivity index (χ1n) is 7.37. The number of aliphatic hydroxyl groups excluding tert-OH is 1. The summed E-state index contributed by atoms with van der Waals surface area (Å²) in [5.74, 6) is 3.14. The monoisotopic (exact) mass is 285 g/mol. The number of benzene rings is 1. The predicted molar refractivity (Wildman–Crippen MR) is 79.2 cm³/mol.